The fourth-order valence-electron chi connectivity index (χ4n) is 4.47. The highest BCUT2D eigenvalue weighted by atomic mass is 79.9. The van der Waals surface area contributed by atoms with Gasteiger partial charge >= 0.3 is 0 Å². The molecule has 0 aliphatic rings. The first-order chi connectivity index (χ1) is 20.8. The monoisotopic (exact) mass is 707 g/mol. The number of benzene rings is 2. The molecule has 2 heterocycles. The van der Waals surface area contributed by atoms with E-state index in [1.54, 1.807) is 36.4 Å². The van der Waals surface area contributed by atoms with E-state index in [9.17, 15) is 17.9 Å². The highest BCUT2D eigenvalue weighted by Gasteiger charge is 2.35. The third-order valence-corrected chi connectivity index (χ3v) is 10.9. The predicted molar refractivity (Wildman–Crippen MR) is 173 cm³/mol. The van der Waals surface area contributed by atoms with E-state index in [1.807, 2.05) is 0 Å². The summed E-state index contributed by atoms with van der Waals surface area (Å²) in [4.78, 5) is 4.52. The molecule has 2 aromatic carbocycles. The van der Waals surface area contributed by atoms with Crippen LogP contribution in [-0.4, -0.2) is 75.0 Å². The molecule has 44 heavy (non-hydrogen) atoms. The molecule has 11 nitrogen and oxygen atoms in total. The van der Waals surface area contributed by atoms with Crippen molar-refractivity contribution in [2.24, 2.45) is 0 Å². The van der Waals surface area contributed by atoms with Crippen LogP contribution in [0.3, 0.4) is 0 Å². The molecule has 2 aromatic heterocycles. The maximum absolute atomic E-state index is 14.3. The first kappa shape index (κ1) is 33.4. The number of ether oxygens (including phenoxy) is 3. The first-order valence-electron chi connectivity index (χ1n) is 13.6. The molecule has 0 saturated carbocycles. The van der Waals surface area contributed by atoms with Crippen LogP contribution in [0.1, 0.15) is 11.7 Å². The summed E-state index contributed by atoms with van der Waals surface area (Å²) in [7, 11) is -1.62. The van der Waals surface area contributed by atoms with Crippen LogP contribution in [0.25, 0.3) is 17.2 Å². The van der Waals surface area contributed by atoms with Crippen molar-refractivity contribution in [3.63, 3.8) is 0 Å². The molecule has 4 rings (SSSR count). The van der Waals surface area contributed by atoms with Gasteiger partial charge in [0.15, 0.2) is 5.82 Å². The zero-order chi connectivity index (χ0) is 32.2. The molecule has 1 N–H and O–H groups in total. The number of halogens is 2. The van der Waals surface area contributed by atoms with Crippen LogP contribution >= 0.6 is 15.9 Å². The standard InChI is InChI=1S/C29H35BrFN5O6SSi/c1-40-24-10-8-11-25(41-2)27(24)36-28(22-9-7-12-26(32-22)42-3)33-34-29(36)35(15-16-44(4,5)6)43(38,39)18-23(37)20-14-13-19(31)17-21(20)30/h7-14,17,23,37H,15-16,18H2,1-6H3. The molecule has 0 radical (unpaired) electrons. The van der Waals surface area contributed by atoms with Gasteiger partial charge in [0.05, 0.1) is 33.2 Å². The minimum atomic E-state index is -4.28. The Balaban J connectivity index is 1.96. The predicted octanol–water partition coefficient (Wildman–Crippen LogP) is 5.46. The molecule has 0 bridgehead atoms. The zero-order valence-corrected chi connectivity index (χ0v) is 28.7. The summed E-state index contributed by atoms with van der Waals surface area (Å²) < 4.78 is 61.9. The number of hydrogen-bond donors (Lipinski definition) is 1. The smallest absolute Gasteiger partial charge is 0.246 e. The van der Waals surface area contributed by atoms with Crippen molar-refractivity contribution in [2.45, 2.75) is 31.8 Å². The van der Waals surface area contributed by atoms with E-state index in [2.05, 4.69) is 50.8 Å². The number of rotatable bonds is 13. The van der Waals surface area contributed by atoms with Crippen LogP contribution in [0.2, 0.25) is 25.7 Å². The fraction of sp³-hybridized carbons (Fsp3) is 0.345. The summed E-state index contributed by atoms with van der Waals surface area (Å²) in [6.07, 6.45) is -1.47. The van der Waals surface area contributed by atoms with Gasteiger partial charge in [-0.15, -0.1) is 10.2 Å². The Morgan fingerprint density at radius 2 is 1.66 bits per heavy atom. The van der Waals surface area contributed by atoms with Crippen LogP contribution in [-0.2, 0) is 10.0 Å². The van der Waals surface area contributed by atoms with Crippen LogP contribution < -0.4 is 18.5 Å². The quantitative estimate of drug-likeness (QED) is 0.180. The third kappa shape index (κ3) is 7.39. The van der Waals surface area contributed by atoms with Crippen LogP contribution in [0, 0.1) is 5.82 Å². The minimum Gasteiger partial charge on any atom is -0.494 e. The Bertz CT molecular complexity index is 1710. The largest absolute Gasteiger partial charge is 0.494 e. The maximum atomic E-state index is 14.3. The Labute approximate surface area is 265 Å². The third-order valence-electron chi connectivity index (χ3n) is 6.75. The molecule has 1 atom stereocenters. The molecule has 1 unspecified atom stereocenters. The molecule has 0 aliphatic carbocycles. The highest BCUT2D eigenvalue weighted by Crippen LogP contribution is 2.39. The number of aliphatic hydroxyl groups excluding tert-OH is 1. The van der Waals surface area contributed by atoms with Crippen molar-refractivity contribution in [1.29, 1.82) is 0 Å². The lowest BCUT2D eigenvalue weighted by Gasteiger charge is -2.28. The van der Waals surface area contributed by atoms with Crippen molar-refractivity contribution in [3.05, 3.63) is 70.5 Å². The zero-order valence-electron chi connectivity index (χ0n) is 25.3. The summed E-state index contributed by atoms with van der Waals surface area (Å²) in [5, 5.41) is 19.9. The molecule has 236 valence electrons. The fourth-order valence-corrected chi connectivity index (χ4v) is 7.63. The average molecular weight is 709 g/mol. The lowest BCUT2D eigenvalue weighted by atomic mass is 10.1. The van der Waals surface area contributed by atoms with E-state index in [-0.39, 0.29) is 28.4 Å². The summed E-state index contributed by atoms with van der Waals surface area (Å²) in [5.74, 6) is -0.00900. The summed E-state index contributed by atoms with van der Waals surface area (Å²) in [6.45, 7) is 6.45. The number of methoxy groups -OCH3 is 3. The van der Waals surface area contributed by atoms with Crippen LogP contribution in [0.4, 0.5) is 10.3 Å². The van der Waals surface area contributed by atoms with Crippen molar-refractivity contribution in [2.75, 3.05) is 37.9 Å². The highest BCUT2D eigenvalue weighted by molar-refractivity contribution is 9.10. The topological polar surface area (TPSA) is 129 Å². The average Bonchev–Trinajstić information content (AvgIpc) is 3.39. The molecule has 0 saturated heterocycles. The van der Waals surface area contributed by atoms with E-state index in [0.717, 1.165) is 10.4 Å². The number of hydrogen-bond acceptors (Lipinski definition) is 9. The lowest BCUT2D eigenvalue weighted by molar-refractivity contribution is 0.200. The van der Waals surface area contributed by atoms with Gasteiger partial charge < -0.3 is 19.3 Å². The van der Waals surface area contributed by atoms with E-state index in [1.165, 1.54) is 38.0 Å². The minimum absolute atomic E-state index is 0.0453. The lowest BCUT2D eigenvalue weighted by Crippen LogP contribution is -2.40. The van der Waals surface area contributed by atoms with Gasteiger partial charge in [-0.05, 0) is 41.9 Å². The van der Waals surface area contributed by atoms with Gasteiger partial charge in [-0.3, -0.25) is 4.57 Å². The molecule has 0 aliphatic heterocycles. The maximum Gasteiger partial charge on any atom is 0.246 e. The number of sulfonamides is 1. The van der Waals surface area contributed by atoms with Gasteiger partial charge in [0, 0.05) is 25.2 Å². The second-order valence-corrected chi connectivity index (χ2v) is 19.5. The molecular formula is C29H35BrFN5O6SSi. The number of pyridine rings is 1. The summed E-state index contributed by atoms with van der Waals surface area (Å²) in [5.41, 5.74) is 0.940. The van der Waals surface area contributed by atoms with Crippen molar-refractivity contribution in [1.82, 2.24) is 19.7 Å². The molecule has 15 heteroatoms. The molecule has 0 amide bonds. The van der Waals surface area contributed by atoms with Gasteiger partial charge in [-0.1, -0.05) is 53.8 Å². The van der Waals surface area contributed by atoms with E-state index in [4.69, 9.17) is 14.2 Å². The molecule has 4 aromatic rings. The number of anilines is 1. The number of nitrogens with zero attached hydrogens (tertiary/aromatic N) is 5. The number of para-hydroxylation sites is 1. The van der Waals surface area contributed by atoms with E-state index >= 15 is 0 Å². The SMILES string of the molecule is COc1cccc(-c2nnc(N(CC[Si](C)(C)C)S(=O)(=O)CC(O)c3ccc(F)cc3Br)n2-c2c(OC)cccc2OC)n1. The Morgan fingerprint density at radius 1 is 1.00 bits per heavy atom. The Kier molecular flexibility index (Phi) is 10.3. The van der Waals surface area contributed by atoms with Crippen LogP contribution in [0.5, 0.6) is 17.4 Å². The van der Waals surface area contributed by atoms with E-state index < -0.39 is 35.8 Å². The number of aromatic nitrogens is 4. The van der Waals surface area contributed by atoms with Crippen molar-refractivity contribution < 1.29 is 32.1 Å². The van der Waals surface area contributed by atoms with Gasteiger partial charge in [0.1, 0.15) is 28.7 Å². The van der Waals surface area contributed by atoms with Gasteiger partial charge in [-0.2, -0.15) is 0 Å². The van der Waals surface area contributed by atoms with Crippen LogP contribution in [0.15, 0.2) is 59.1 Å². The Morgan fingerprint density at radius 3 is 2.25 bits per heavy atom. The second kappa shape index (κ2) is 13.6. The summed E-state index contributed by atoms with van der Waals surface area (Å²) >= 11 is 3.23. The van der Waals surface area contributed by atoms with Gasteiger partial charge in [0.2, 0.25) is 21.9 Å². The Hall–Kier alpha value is -3.53. The molecule has 0 spiro atoms. The van der Waals surface area contributed by atoms with Crippen molar-refractivity contribution in [3.8, 4) is 34.6 Å². The number of aliphatic hydroxyl groups is 1. The van der Waals surface area contributed by atoms with E-state index in [0.29, 0.717) is 34.8 Å². The first-order valence-corrected chi connectivity index (χ1v) is 19.7. The summed E-state index contributed by atoms with van der Waals surface area (Å²) in [6, 6.07) is 14.5. The normalized spacial score (nSPS) is 12.6. The van der Waals surface area contributed by atoms with Gasteiger partial charge in [0.25, 0.3) is 0 Å². The molecular weight excluding hydrogens is 673 g/mol. The second-order valence-electron chi connectivity index (χ2n) is 11.1. The van der Waals surface area contributed by atoms with Crippen molar-refractivity contribution >= 4 is 40.0 Å². The van der Waals surface area contributed by atoms with Gasteiger partial charge in [-0.25, -0.2) is 22.1 Å². The molecule has 0 fully saturated rings.